The van der Waals surface area contributed by atoms with Gasteiger partial charge >= 0.3 is 0 Å². The lowest BCUT2D eigenvalue weighted by molar-refractivity contribution is 0.292. The quantitative estimate of drug-likeness (QED) is 0.417. The van der Waals surface area contributed by atoms with Gasteiger partial charge in [0, 0.05) is 11.2 Å². The molecule has 0 unspecified atom stereocenters. The molecule has 0 N–H and O–H groups in total. The van der Waals surface area contributed by atoms with E-state index in [1.54, 1.807) is 7.11 Å². The second kappa shape index (κ2) is 8.55. The number of hydrogen-bond donors (Lipinski definition) is 0. The van der Waals surface area contributed by atoms with Crippen LogP contribution in [0.3, 0.4) is 0 Å². The van der Waals surface area contributed by atoms with Gasteiger partial charge in [-0.25, -0.2) is 0 Å². The number of hydrogen-bond acceptors (Lipinski definition) is 3. The van der Waals surface area contributed by atoms with Gasteiger partial charge in [-0.1, -0.05) is 24.6 Å². The average Bonchev–Trinajstić information content (AvgIpc) is 2.54. The van der Waals surface area contributed by atoms with Crippen LogP contribution in [0.1, 0.15) is 24.5 Å². The van der Waals surface area contributed by atoms with Crippen LogP contribution in [-0.2, 0) is 0 Å². The summed E-state index contributed by atoms with van der Waals surface area (Å²) < 4.78 is 12.2. The summed E-state index contributed by atoms with van der Waals surface area (Å²) in [6, 6.07) is 9.66. The van der Waals surface area contributed by atoms with Crippen LogP contribution in [-0.4, -0.2) is 19.9 Å². The molecule has 23 heavy (non-hydrogen) atoms. The van der Waals surface area contributed by atoms with Crippen molar-refractivity contribution < 1.29 is 9.47 Å². The summed E-state index contributed by atoms with van der Waals surface area (Å²) in [6.07, 6.45) is 2.77. The molecule has 0 bridgehead atoms. The normalized spacial score (nSPS) is 11.0. The van der Waals surface area contributed by atoms with E-state index < -0.39 is 0 Å². The summed E-state index contributed by atoms with van der Waals surface area (Å²) in [6.45, 7) is 4.70. The van der Waals surface area contributed by atoms with Crippen molar-refractivity contribution >= 4 is 46.1 Å². The van der Waals surface area contributed by atoms with E-state index in [0.717, 1.165) is 43.3 Å². The minimum Gasteiger partial charge on any atom is -0.493 e. The van der Waals surface area contributed by atoms with Crippen molar-refractivity contribution in [3.05, 3.63) is 50.1 Å². The number of rotatable bonds is 6. The maximum absolute atomic E-state index is 6.13. The molecule has 0 radical (unpaired) electrons. The lowest BCUT2D eigenvalue weighted by Gasteiger charge is -2.12. The van der Waals surface area contributed by atoms with Crippen LogP contribution in [0.25, 0.3) is 0 Å². The van der Waals surface area contributed by atoms with Gasteiger partial charge in [-0.2, -0.15) is 0 Å². The van der Waals surface area contributed by atoms with Crippen LogP contribution in [0, 0.1) is 10.5 Å². The van der Waals surface area contributed by atoms with Gasteiger partial charge in [-0.3, -0.25) is 4.99 Å². The smallest absolute Gasteiger partial charge is 0.174 e. The van der Waals surface area contributed by atoms with Crippen LogP contribution < -0.4 is 9.47 Å². The summed E-state index contributed by atoms with van der Waals surface area (Å²) in [5, 5.41) is 0.718. The standard InChI is InChI=1S/C18H19ClINO2/c1-4-8-23-18-15(20)9-13(10-17(18)22-3)11-21-16-7-5-6-14(19)12(16)2/h5-7,9-11H,4,8H2,1-3H3. The maximum atomic E-state index is 6.13. The predicted molar refractivity (Wildman–Crippen MR) is 105 cm³/mol. The zero-order chi connectivity index (χ0) is 16.8. The van der Waals surface area contributed by atoms with Crippen molar-refractivity contribution in [1.82, 2.24) is 0 Å². The molecule has 0 atom stereocenters. The molecule has 0 aliphatic rings. The van der Waals surface area contributed by atoms with E-state index in [1.807, 2.05) is 43.5 Å². The average molecular weight is 444 g/mol. The van der Waals surface area contributed by atoms with Gasteiger partial charge in [0.1, 0.15) is 0 Å². The fourth-order valence-electron chi connectivity index (χ4n) is 2.04. The Hall–Kier alpha value is -1.27. The third kappa shape index (κ3) is 4.61. The molecule has 5 heteroatoms. The van der Waals surface area contributed by atoms with Gasteiger partial charge in [0.25, 0.3) is 0 Å². The Labute approximate surface area is 155 Å². The van der Waals surface area contributed by atoms with E-state index in [-0.39, 0.29) is 0 Å². The van der Waals surface area contributed by atoms with Crippen LogP contribution in [0.5, 0.6) is 11.5 Å². The van der Waals surface area contributed by atoms with Crippen LogP contribution in [0.4, 0.5) is 5.69 Å². The van der Waals surface area contributed by atoms with Gasteiger partial charge in [0.15, 0.2) is 11.5 Å². The Morgan fingerprint density at radius 3 is 2.78 bits per heavy atom. The van der Waals surface area contributed by atoms with Crippen molar-refractivity contribution in [2.75, 3.05) is 13.7 Å². The van der Waals surface area contributed by atoms with E-state index in [4.69, 9.17) is 21.1 Å². The third-order valence-corrected chi connectivity index (χ3v) is 4.50. The second-order valence-corrected chi connectivity index (χ2v) is 6.59. The van der Waals surface area contributed by atoms with Crippen molar-refractivity contribution in [2.24, 2.45) is 4.99 Å². The molecule has 2 aromatic carbocycles. The monoisotopic (exact) mass is 443 g/mol. The molecule has 0 amide bonds. The SMILES string of the molecule is CCCOc1c(I)cc(C=Nc2cccc(Cl)c2C)cc1OC. The molecule has 0 aliphatic heterocycles. The van der Waals surface area contributed by atoms with Crippen molar-refractivity contribution in [3.63, 3.8) is 0 Å². The maximum Gasteiger partial charge on any atom is 0.174 e. The van der Waals surface area contributed by atoms with Crippen molar-refractivity contribution in [2.45, 2.75) is 20.3 Å². The highest BCUT2D eigenvalue weighted by Gasteiger charge is 2.11. The van der Waals surface area contributed by atoms with E-state index in [1.165, 1.54) is 0 Å². The summed E-state index contributed by atoms with van der Waals surface area (Å²) >= 11 is 8.38. The Morgan fingerprint density at radius 2 is 2.09 bits per heavy atom. The molecule has 0 aliphatic carbocycles. The minimum atomic E-state index is 0.668. The molecule has 0 spiro atoms. The summed E-state index contributed by atoms with van der Waals surface area (Å²) in [4.78, 5) is 4.54. The number of halogens is 2. The molecule has 0 fully saturated rings. The molecule has 2 rings (SSSR count). The number of benzene rings is 2. The van der Waals surface area contributed by atoms with Crippen molar-refractivity contribution in [1.29, 1.82) is 0 Å². The molecule has 3 nitrogen and oxygen atoms in total. The second-order valence-electron chi connectivity index (χ2n) is 5.02. The Kier molecular flexibility index (Phi) is 6.72. The van der Waals surface area contributed by atoms with E-state index in [9.17, 15) is 0 Å². The highest BCUT2D eigenvalue weighted by molar-refractivity contribution is 14.1. The minimum absolute atomic E-state index is 0.668. The summed E-state index contributed by atoms with van der Waals surface area (Å²) in [5.74, 6) is 1.50. The first kappa shape index (κ1) is 18.1. The Balaban J connectivity index is 2.31. The number of ether oxygens (including phenoxy) is 2. The van der Waals surface area contributed by atoms with Crippen molar-refractivity contribution in [3.8, 4) is 11.5 Å². The predicted octanol–water partition coefficient (Wildman–Crippen LogP) is 5.80. The molecule has 0 heterocycles. The fraction of sp³-hybridized carbons (Fsp3) is 0.278. The number of methoxy groups -OCH3 is 1. The fourth-order valence-corrected chi connectivity index (χ4v) is 2.99. The molecule has 0 saturated carbocycles. The van der Waals surface area contributed by atoms with E-state index in [2.05, 4.69) is 34.5 Å². The Bertz CT molecular complexity index is 716. The molecule has 122 valence electrons. The van der Waals surface area contributed by atoms with E-state index >= 15 is 0 Å². The largest absolute Gasteiger partial charge is 0.493 e. The van der Waals surface area contributed by atoms with Gasteiger partial charge in [-0.15, -0.1) is 0 Å². The zero-order valence-electron chi connectivity index (χ0n) is 13.4. The van der Waals surface area contributed by atoms with Gasteiger partial charge in [0.05, 0.1) is 23.0 Å². The first-order chi connectivity index (χ1) is 11.1. The van der Waals surface area contributed by atoms with Gasteiger partial charge < -0.3 is 9.47 Å². The molecular formula is C18H19ClINO2. The van der Waals surface area contributed by atoms with Gasteiger partial charge in [-0.05, 0) is 71.3 Å². The van der Waals surface area contributed by atoms with Crippen LogP contribution in [0.15, 0.2) is 35.3 Å². The molecule has 0 aromatic heterocycles. The first-order valence-electron chi connectivity index (χ1n) is 7.36. The highest BCUT2D eigenvalue weighted by atomic mass is 127. The lowest BCUT2D eigenvalue weighted by atomic mass is 10.2. The van der Waals surface area contributed by atoms with E-state index in [0.29, 0.717) is 6.61 Å². The number of aliphatic imine (C=N–C) groups is 1. The molecule has 2 aromatic rings. The summed E-state index contributed by atoms with van der Waals surface area (Å²) in [5.41, 5.74) is 2.78. The number of nitrogens with zero attached hydrogens (tertiary/aromatic N) is 1. The van der Waals surface area contributed by atoms with Crippen LogP contribution in [0.2, 0.25) is 5.02 Å². The zero-order valence-corrected chi connectivity index (χ0v) is 16.3. The highest BCUT2D eigenvalue weighted by Crippen LogP contribution is 2.34. The summed E-state index contributed by atoms with van der Waals surface area (Å²) in [7, 11) is 1.65. The molecular weight excluding hydrogens is 425 g/mol. The van der Waals surface area contributed by atoms with Crippen LogP contribution >= 0.6 is 34.2 Å². The first-order valence-corrected chi connectivity index (χ1v) is 8.82. The Morgan fingerprint density at radius 1 is 1.30 bits per heavy atom. The van der Waals surface area contributed by atoms with Gasteiger partial charge in [0.2, 0.25) is 0 Å². The topological polar surface area (TPSA) is 30.8 Å². The third-order valence-electron chi connectivity index (χ3n) is 3.29. The lowest BCUT2D eigenvalue weighted by Crippen LogP contribution is -2.01. The molecule has 0 saturated heterocycles.